The van der Waals surface area contributed by atoms with E-state index in [0.29, 0.717) is 24.8 Å². The van der Waals surface area contributed by atoms with E-state index in [-0.39, 0.29) is 22.3 Å². The molecule has 0 heterocycles. The Labute approximate surface area is 168 Å². The first-order valence-corrected chi connectivity index (χ1v) is 12.0. The summed E-state index contributed by atoms with van der Waals surface area (Å²) in [5, 5.41) is 5.20. The van der Waals surface area contributed by atoms with Crippen molar-refractivity contribution >= 4 is 21.6 Å². The summed E-state index contributed by atoms with van der Waals surface area (Å²) < 4.78 is 31.3. The van der Waals surface area contributed by atoms with E-state index in [2.05, 4.69) is 17.6 Å². The fourth-order valence-corrected chi connectivity index (χ4v) is 6.12. The standard InChI is InChI=1S/C21H32N2O4S/c1-16-7-2-5-12-20(16)27-14-13-22-21(24)23-17-8-6-11-19(15-17)28(25,26)18-9-3-4-10-18/h6,8,11,15-16,18,20H,2-5,7,9-10,12-14H2,1H3,(H2,22,23,24)/t16-,20+/m0/s1. The lowest BCUT2D eigenvalue weighted by atomic mass is 9.88. The molecule has 0 spiro atoms. The second-order valence-electron chi connectivity index (χ2n) is 8.03. The maximum atomic E-state index is 12.7. The lowest BCUT2D eigenvalue weighted by Gasteiger charge is -2.28. The summed E-state index contributed by atoms with van der Waals surface area (Å²) in [5.74, 6) is 0.576. The number of carbonyl (C=O) groups excluding carboxylic acids is 1. The molecule has 2 atom stereocenters. The van der Waals surface area contributed by atoms with E-state index in [9.17, 15) is 13.2 Å². The summed E-state index contributed by atoms with van der Waals surface area (Å²) in [6, 6.07) is 6.18. The predicted octanol–water partition coefficient (Wildman–Crippen LogP) is 4.12. The number of hydrogen-bond acceptors (Lipinski definition) is 4. The monoisotopic (exact) mass is 408 g/mol. The fourth-order valence-electron chi connectivity index (χ4n) is 4.22. The largest absolute Gasteiger partial charge is 0.376 e. The Morgan fingerprint density at radius 2 is 1.82 bits per heavy atom. The molecule has 2 fully saturated rings. The molecule has 7 heteroatoms. The van der Waals surface area contributed by atoms with E-state index in [0.717, 1.165) is 32.1 Å². The van der Waals surface area contributed by atoms with E-state index in [1.54, 1.807) is 24.3 Å². The zero-order valence-corrected chi connectivity index (χ0v) is 17.5. The molecule has 0 bridgehead atoms. The molecule has 3 rings (SSSR count). The van der Waals surface area contributed by atoms with Gasteiger partial charge in [-0.3, -0.25) is 0 Å². The van der Waals surface area contributed by atoms with E-state index < -0.39 is 9.84 Å². The van der Waals surface area contributed by atoms with Crippen LogP contribution in [0.5, 0.6) is 0 Å². The quantitative estimate of drug-likeness (QED) is 0.665. The molecule has 1 aromatic carbocycles. The number of nitrogens with one attached hydrogen (secondary N) is 2. The highest BCUT2D eigenvalue weighted by Gasteiger charge is 2.30. The molecule has 0 saturated heterocycles. The van der Waals surface area contributed by atoms with Crippen LogP contribution in [0.2, 0.25) is 0 Å². The summed E-state index contributed by atoms with van der Waals surface area (Å²) in [6.07, 6.45) is 8.45. The van der Waals surface area contributed by atoms with Crippen LogP contribution >= 0.6 is 0 Å². The van der Waals surface area contributed by atoms with Gasteiger partial charge in [-0.25, -0.2) is 13.2 Å². The Bertz CT molecular complexity index is 759. The Hall–Kier alpha value is -1.60. The molecule has 2 amide bonds. The highest BCUT2D eigenvalue weighted by Crippen LogP contribution is 2.30. The van der Waals surface area contributed by atoms with Crippen molar-refractivity contribution in [3.05, 3.63) is 24.3 Å². The van der Waals surface area contributed by atoms with Crippen molar-refractivity contribution in [1.82, 2.24) is 5.32 Å². The van der Waals surface area contributed by atoms with Gasteiger partial charge in [-0.05, 0) is 49.8 Å². The number of sulfone groups is 1. The fraction of sp³-hybridized carbons (Fsp3) is 0.667. The van der Waals surface area contributed by atoms with Crippen LogP contribution in [0.25, 0.3) is 0 Å². The number of anilines is 1. The average molecular weight is 409 g/mol. The minimum absolute atomic E-state index is 0.284. The molecule has 2 aliphatic rings. The lowest BCUT2D eigenvalue weighted by molar-refractivity contribution is -0.00232. The van der Waals surface area contributed by atoms with Gasteiger partial charge < -0.3 is 15.4 Å². The molecule has 2 N–H and O–H groups in total. The van der Waals surface area contributed by atoms with Gasteiger partial charge in [0.15, 0.2) is 9.84 Å². The topological polar surface area (TPSA) is 84.5 Å². The number of amides is 2. The Balaban J connectivity index is 1.46. The van der Waals surface area contributed by atoms with Crippen LogP contribution < -0.4 is 10.6 Å². The maximum Gasteiger partial charge on any atom is 0.319 e. The molecule has 2 aliphatic carbocycles. The first kappa shape index (κ1) is 21.1. The average Bonchev–Trinajstić information content (AvgIpc) is 3.22. The third-order valence-corrected chi connectivity index (χ3v) is 8.17. The van der Waals surface area contributed by atoms with Gasteiger partial charge in [0.25, 0.3) is 0 Å². The molecule has 0 aromatic heterocycles. The number of rotatable bonds is 7. The highest BCUT2D eigenvalue weighted by molar-refractivity contribution is 7.92. The van der Waals surface area contributed by atoms with Gasteiger partial charge in [-0.15, -0.1) is 0 Å². The van der Waals surface area contributed by atoms with Gasteiger partial charge in [0.1, 0.15) is 0 Å². The van der Waals surface area contributed by atoms with Crippen LogP contribution in [0.4, 0.5) is 10.5 Å². The second-order valence-corrected chi connectivity index (χ2v) is 10.3. The van der Waals surface area contributed by atoms with Crippen LogP contribution in [-0.2, 0) is 14.6 Å². The smallest absolute Gasteiger partial charge is 0.319 e. The number of benzene rings is 1. The summed E-state index contributed by atoms with van der Waals surface area (Å²) in [6.45, 7) is 3.13. The molecule has 156 valence electrons. The van der Waals surface area contributed by atoms with Crippen molar-refractivity contribution in [2.45, 2.75) is 74.5 Å². The maximum absolute atomic E-state index is 12.7. The van der Waals surface area contributed by atoms with Crippen molar-refractivity contribution in [2.75, 3.05) is 18.5 Å². The summed E-state index contributed by atoms with van der Waals surface area (Å²) in [5.41, 5.74) is 0.485. The third-order valence-electron chi connectivity index (χ3n) is 5.91. The molecular formula is C21H32N2O4S. The Morgan fingerprint density at radius 1 is 1.11 bits per heavy atom. The van der Waals surface area contributed by atoms with Gasteiger partial charge in [0, 0.05) is 12.2 Å². The molecule has 0 unspecified atom stereocenters. The van der Waals surface area contributed by atoms with Gasteiger partial charge in [-0.2, -0.15) is 0 Å². The molecular weight excluding hydrogens is 376 g/mol. The molecule has 1 aromatic rings. The minimum atomic E-state index is -3.33. The summed E-state index contributed by atoms with van der Waals surface area (Å²) >= 11 is 0. The highest BCUT2D eigenvalue weighted by atomic mass is 32.2. The molecule has 2 saturated carbocycles. The van der Waals surface area contributed by atoms with Crippen molar-refractivity contribution in [3.8, 4) is 0 Å². The van der Waals surface area contributed by atoms with Crippen LogP contribution in [0.15, 0.2) is 29.2 Å². The first-order valence-electron chi connectivity index (χ1n) is 10.5. The van der Waals surface area contributed by atoms with Crippen LogP contribution in [0.3, 0.4) is 0 Å². The number of carbonyl (C=O) groups is 1. The SMILES string of the molecule is C[C@H]1CCCC[C@H]1OCCNC(=O)Nc1cccc(S(=O)(=O)C2CCCC2)c1. The molecule has 0 aliphatic heterocycles. The van der Waals surface area contributed by atoms with Gasteiger partial charge >= 0.3 is 6.03 Å². The summed E-state index contributed by atoms with van der Waals surface area (Å²) in [4.78, 5) is 12.4. The van der Waals surface area contributed by atoms with Crippen molar-refractivity contribution in [2.24, 2.45) is 5.92 Å². The third kappa shape index (κ3) is 5.47. The van der Waals surface area contributed by atoms with Gasteiger partial charge in [0.2, 0.25) is 0 Å². The van der Waals surface area contributed by atoms with Crippen LogP contribution in [0, 0.1) is 5.92 Å². The lowest BCUT2D eigenvalue weighted by Crippen LogP contribution is -2.34. The van der Waals surface area contributed by atoms with Crippen molar-refractivity contribution in [3.63, 3.8) is 0 Å². The number of hydrogen-bond donors (Lipinski definition) is 2. The van der Waals surface area contributed by atoms with Crippen LogP contribution in [0.1, 0.15) is 58.3 Å². The molecule has 28 heavy (non-hydrogen) atoms. The number of urea groups is 1. The Kier molecular flexibility index (Phi) is 7.35. The van der Waals surface area contributed by atoms with Gasteiger partial charge in [0.05, 0.1) is 22.9 Å². The zero-order chi connectivity index (χ0) is 20.0. The van der Waals surface area contributed by atoms with E-state index >= 15 is 0 Å². The first-order chi connectivity index (χ1) is 13.5. The van der Waals surface area contributed by atoms with Crippen molar-refractivity contribution < 1.29 is 17.9 Å². The normalized spacial score (nSPS) is 23.5. The van der Waals surface area contributed by atoms with Gasteiger partial charge in [-0.1, -0.05) is 38.7 Å². The zero-order valence-electron chi connectivity index (χ0n) is 16.7. The second kappa shape index (κ2) is 9.74. The van der Waals surface area contributed by atoms with E-state index in [1.807, 2.05) is 0 Å². The van der Waals surface area contributed by atoms with Crippen molar-refractivity contribution in [1.29, 1.82) is 0 Å². The molecule has 6 nitrogen and oxygen atoms in total. The summed E-state index contributed by atoms with van der Waals surface area (Å²) in [7, 11) is -3.33. The minimum Gasteiger partial charge on any atom is -0.376 e. The predicted molar refractivity (Wildman–Crippen MR) is 110 cm³/mol. The van der Waals surface area contributed by atoms with E-state index in [1.165, 1.54) is 19.3 Å². The Morgan fingerprint density at radius 3 is 2.57 bits per heavy atom. The molecule has 0 radical (unpaired) electrons. The number of ether oxygens (including phenoxy) is 1. The van der Waals surface area contributed by atoms with E-state index in [4.69, 9.17) is 4.74 Å². The van der Waals surface area contributed by atoms with Crippen LogP contribution in [-0.4, -0.2) is 39.0 Å².